The molecule has 2 aliphatic rings. The van der Waals surface area contributed by atoms with Crippen molar-refractivity contribution in [3.8, 4) is 11.1 Å². The molecular formula is C29H22N6Ni. The van der Waals surface area contributed by atoms with E-state index >= 15 is 0 Å². The molecule has 0 amide bonds. The van der Waals surface area contributed by atoms with Crippen LogP contribution in [0.1, 0.15) is 22.8 Å². The third-order valence-corrected chi connectivity index (χ3v) is 5.66. The minimum atomic E-state index is 0. The molecule has 0 saturated heterocycles. The first-order chi connectivity index (χ1) is 17.3. The predicted octanol–water partition coefficient (Wildman–Crippen LogP) is 6.73. The Bertz CT molecular complexity index is 1680. The zero-order valence-corrected chi connectivity index (χ0v) is 20.1. The van der Waals surface area contributed by atoms with Gasteiger partial charge in [-0.2, -0.15) is 0 Å². The molecule has 3 N–H and O–H groups in total. The summed E-state index contributed by atoms with van der Waals surface area (Å²) in [6.07, 6.45) is 13.2. The summed E-state index contributed by atoms with van der Waals surface area (Å²) >= 11 is 0. The van der Waals surface area contributed by atoms with E-state index in [-0.39, 0.29) is 16.5 Å². The Labute approximate surface area is 217 Å². The van der Waals surface area contributed by atoms with Gasteiger partial charge in [0, 0.05) is 56.5 Å². The van der Waals surface area contributed by atoms with E-state index in [1.165, 1.54) is 5.56 Å². The summed E-state index contributed by atoms with van der Waals surface area (Å²) in [5, 5.41) is 0. The topological polar surface area (TPSA) is 86.0 Å². The smallest absolute Gasteiger partial charge is 0.0919 e. The maximum Gasteiger partial charge on any atom is 0.0919 e. The summed E-state index contributed by atoms with van der Waals surface area (Å²) in [5.74, 6) is 0. The summed E-state index contributed by atoms with van der Waals surface area (Å²) in [6, 6.07) is 25.0. The van der Waals surface area contributed by atoms with E-state index < -0.39 is 0 Å². The van der Waals surface area contributed by atoms with Crippen molar-refractivity contribution in [2.24, 2.45) is 0 Å². The maximum atomic E-state index is 4.76. The van der Waals surface area contributed by atoms with E-state index in [9.17, 15) is 0 Å². The summed E-state index contributed by atoms with van der Waals surface area (Å²) in [6.45, 7) is 0. The molecule has 0 saturated carbocycles. The first-order valence-electron chi connectivity index (χ1n) is 11.4. The fourth-order valence-corrected chi connectivity index (χ4v) is 4.09. The Morgan fingerprint density at radius 1 is 0.583 bits per heavy atom. The molecule has 0 radical (unpaired) electrons. The van der Waals surface area contributed by atoms with Crippen molar-refractivity contribution in [1.82, 2.24) is 29.9 Å². The fraction of sp³-hybridized carbons (Fsp3) is 0. The summed E-state index contributed by atoms with van der Waals surface area (Å²) < 4.78 is 0. The van der Waals surface area contributed by atoms with Crippen molar-refractivity contribution >= 4 is 46.4 Å². The standard InChI is InChI=1S/C26H18N4.C3H4N2.Ni/c1-2-4-17(5-3-1)25-15-24-14-22-9-8-20(28-22)12-18-6-7-19(27-18)13-21-10-11-23(29-21)16-26(25)30-24;1-2-5-3-4-1;/h1-16,28,30H;1-3H,(H,4,5);. The normalized spacial score (nSPS) is 11.4. The molecule has 0 aliphatic carbocycles. The first kappa shape index (κ1) is 23.3. The molecule has 178 valence electrons. The molecule has 0 atom stereocenters. The number of imidazole rings is 1. The number of rotatable bonds is 1. The Hall–Kier alpha value is -4.48. The van der Waals surface area contributed by atoms with Crippen LogP contribution in [0.2, 0.25) is 0 Å². The summed E-state index contributed by atoms with van der Waals surface area (Å²) in [7, 11) is 0. The molecule has 0 fully saturated rings. The van der Waals surface area contributed by atoms with Crippen LogP contribution in [0.4, 0.5) is 0 Å². The molecule has 1 aromatic carbocycles. The van der Waals surface area contributed by atoms with Gasteiger partial charge in [0.25, 0.3) is 0 Å². The monoisotopic (exact) mass is 512 g/mol. The molecule has 8 bridgehead atoms. The van der Waals surface area contributed by atoms with Gasteiger partial charge in [0.2, 0.25) is 0 Å². The van der Waals surface area contributed by atoms with Crippen LogP contribution in [0.3, 0.4) is 0 Å². The van der Waals surface area contributed by atoms with Crippen LogP contribution < -0.4 is 0 Å². The number of aromatic amines is 3. The fourth-order valence-electron chi connectivity index (χ4n) is 4.09. The van der Waals surface area contributed by atoms with Gasteiger partial charge in [-0.15, -0.1) is 0 Å². The van der Waals surface area contributed by atoms with Crippen LogP contribution in [-0.2, 0) is 16.5 Å². The minimum absolute atomic E-state index is 0. The second kappa shape index (κ2) is 10.4. The SMILES string of the molecule is C1=Cc2cc3ccc(cc4cc(-c5ccccc5)c(cc5nc(cc1n2)C=C5)[nH]4)[nH]3.[Ni].c1c[nH]cn1. The summed E-state index contributed by atoms with van der Waals surface area (Å²) in [4.78, 5) is 22.9. The van der Waals surface area contributed by atoms with E-state index in [2.05, 4.69) is 79.5 Å². The number of aromatic nitrogens is 6. The molecule has 0 spiro atoms. The van der Waals surface area contributed by atoms with E-state index in [1.807, 2.05) is 42.5 Å². The zero-order chi connectivity index (χ0) is 23.5. The number of benzene rings is 1. The molecule has 5 aromatic rings. The number of hydrogen-bond donors (Lipinski definition) is 3. The van der Waals surface area contributed by atoms with Gasteiger partial charge in [-0.05, 0) is 72.3 Å². The van der Waals surface area contributed by atoms with Crippen molar-refractivity contribution in [3.63, 3.8) is 0 Å². The molecule has 2 aliphatic heterocycles. The van der Waals surface area contributed by atoms with Crippen LogP contribution in [0.5, 0.6) is 0 Å². The zero-order valence-electron chi connectivity index (χ0n) is 19.1. The van der Waals surface area contributed by atoms with Crippen molar-refractivity contribution in [3.05, 3.63) is 114 Å². The number of fused-ring (bicyclic) bond motifs is 8. The van der Waals surface area contributed by atoms with E-state index in [4.69, 9.17) is 4.98 Å². The number of nitrogens with one attached hydrogen (secondary N) is 3. The van der Waals surface area contributed by atoms with Gasteiger partial charge >= 0.3 is 0 Å². The molecule has 36 heavy (non-hydrogen) atoms. The molecule has 0 unspecified atom stereocenters. The Kier molecular flexibility index (Phi) is 6.74. The van der Waals surface area contributed by atoms with Gasteiger partial charge in [-0.3, -0.25) is 0 Å². The average molecular weight is 513 g/mol. The van der Waals surface area contributed by atoms with Crippen molar-refractivity contribution in [2.45, 2.75) is 0 Å². The maximum absolute atomic E-state index is 4.76. The van der Waals surface area contributed by atoms with Crippen LogP contribution in [0.15, 0.2) is 91.5 Å². The van der Waals surface area contributed by atoms with E-state index in [0.29, 0.717) is 0 Å². The van der Waals surface area contributed by atoms with E-state index in [1.54, 1.807) is 18.7 Å². The van der Waals surface area contributed by atoms with Gasteiger partial charge in [-0.25, -0.2) is 15.0 Å². The average Bonchev–Trinajstić information content (AvgIpc) is 3.69. The molecular weight excluding hydrogens is 491 g/mol. The van der Waals surface area contributed by atoms with Gasteiger partial charge in [0.05, 0.1) is 29.1 Å². The third-order valence-electron chi connectivity index (χ3n) is 5.66. The Balaban J connectivity index is 0.000000400. The molecule has 7 rings (SSSR count). The third kappa shape index (κ3) is 5.27. The van der Waals surface area contributed by atoms with Gasteiger partial charge in [-0.1, -0.05) is 30.3 Å². The van der Waals surface area contributed by atoms with Crippen molar-refractivity contribution in [2.75, 3.05) is 0 Å². The molecule has 4 aromatic heterocycles. The Morgan fingerprint density at radius 2 is 1.25 bits per heavy atom. The van der Waals surface area contributed by atoms with Crippen molar-refractivity contribution < 1.29 is 16.5 Å². The second-order valence-corrected chi connectivity index (χ2v) is 8.21. The molecule has 7 heteroatoms. The number of nitrogens with zero attached hydrogens (tertiary/aromatic N) is 3. The second-order valence-electron chi connectivity index (χ2n) is 8.21. The van der Waals surface area contributed by atoms with Crippen LogP contribution in [0.25, 0.3) is 57.5 Å². The van der Waals surface area contributed by atoms with E-state index in [0.717, 1.165) is 50.4 Å². The first-order valence-corrected chi connectivity index (χ1v) is 11.4. The van der Waals surface area contributed by atoms with Gasteiger partial charge in [0.15, 0.2) is 0 Å². The van der Waals surface area contributed by atoms with Crippen molar-refractivity contribution in [1.29, 1.82) is 0 Å². The van der Waals surface area contributed by atoms with Crippen LogP contribution in [-0.4, -0.2) is 29.9 Å². The quantitative estimate of drug-likeness (QED) is 0.213. The van der Waals surface area contributed by atoms with Crippen LogP contribution in [0, 0.1) is 0 Å². The predicted molar refractivity (Wildman–Crippen MR) is 143 cm³/mol. The number of H-pyrrole nitrogens is 3. The van der Waals surface area contributed by atoms with Gasteiger partial charge in [0.1, 0.15) is 0 Å². The largest absolute Gasteiger partial charge is 0.355 e. The van der Waals surface area contributed by atoms with Crippen LogP contribution >= 0.6 is 0 Å². The van der Waals surface area contributed by atoms with Gasteiger partial charge < -0.3 is 15.0 Å². The molecule has 6 heterocycles. The Morgan fingerprint density at radius 3 is 1.89 bits per heavy atom. The minimum Gasteiger partial charge on any atom is -0.355 e. The number of hydrogen-bond acceptors (Lipinski definition) is 3. The molecule has 6 nitrogen and oxygen atoms in total. The summed E-state index contributed by atoms with van der Waals surface area (Å²) in [5.41, 5.74) is 10.1.